The number of fused-ring (bicyclic) bond motifs is 1. The summed E-state index contributed by atoms with van der Waals surface area (Å²) in [5.41, 5.74) is 4.23. The molecule has 0 radical (unpaired) electrons. The van der Waals surface area contributed by atoms with E-state index >= 15 is 0 Å². The van der Waals surface area contributed by atoms with Crippen molar-refractivity contribution in [3.05, 3.63) is 69.6 Å². The van der Waals surface area contributed by atoms with Crippen LogP contribution < -0.4 is 15.7 Å². The van der Waals surface area contributed by atoms with Crippen LogP contribution >= 0.6 is 0 Å². The van der Waals surface area contributed by atoms with Crippen LogP contribution in [0.25, 0.3) is 11.0 Å². The highest BCUT2D eigenvalue weighted by atomic mass is 16.5. The largest absolute Gasteiger partial charge is 0.495 e. The highest BCUT2D eigenvalue weighted by molar-refractivity contribution is 5.84. The van der Waals surface area contributed by atoms with Crippen LogP contribution in [0, 0.1) is 13.8 Å². The Labute approximate surface area is 134 Å². The summed E-state index contributed by atoms with van der Waals surface area (Å²) in [5.74, 6) is 0.770. The molecule has 118 valence electrons. The molecule has 0 spiro atoms. The van der Waals surface area contributed by atoms with Gasteiger partial charge in [0.1, 0.15) is 11.3 Å². The van der Waals surface area contributed by atoms with E-state index in [2.05, 4.69) is 5.32 Å². The maximum atomic E-state index is 11.9. The number of anilines is 1. The van der Waals surface area contributed by atoms with Crippen LogP contribution in [-0.4, -0.2) is 7.11 Å². The maximum Gasteiger partial charge on any atom is 0.336 e. The van der Waals surface area contributed by atoms with Crippen LogP contribution in [0.15, 0.2) is 51.7 Å². The van der Waals surface area contributed by atoms with Gasteiger partial charge in [-0.15, -0.1) is 0 Å². The average Bonchev–Trinajstić information content (AvgIpc) is 2.56. The standard InChI is InChI=1S/C19H19NO3/c1-12-8-9-15-14(10-18(21)23-19(15)13(12)2)11-20-16-6-4-5-7-17(16)22-3/h4-10,20H,11H2,1-3H3. The van der Waals surface area contributed by atoms with E-state index in [0.717, 1.165) is 33.5 Å². The first-order chi connectivity index (χ1) is 11.1. The highest BCUT2D eigenvalue weighted by Gasteiger charge is 2.10. The Morgan fingerprint density at radius 1 is 1.13 bits per heavy atom. The molecule has 0 saturated heterocycles. The first-order valence-corrected chi connectivity index (χ1v) is 7.50. The van der Waals surface area contributed by atoms with Crippen LogP contribution in [0.2, 0.25) is 0 Å². The summed E-state index contributed by atoms with van der Waals surface area (Å²) >= 11 is 0. The van der Waals surface area contributed by atoms with E-state index in [-0.39, 0.29) is 5.63 Å². The lowest BCUT2D eigenvalue weighted by Gasteiger charge is -2.13. The van der Waals surface area contributed by atoms with E-state index in [1.807, 2.05) is 50.2 Å². The van der Waals surface area contributed by atoms with E-state index in [0.29, 0.717) is 12.1 Å². The molecule has 0 aliphatic carbocycles. The Hall–Kier alpha value is -2.75. The molecule has 0 aliphatic heterocycles. The lowest BCUT2D eigenvalue weighted by molar-refractivity contribution is 0.416. The number of methoxy groups -OCH3 is 1. The summed E-state index contributed by atoms with van der Waals surface area (Å²) in [4.78, 5) is 11.9. The predicted octanol–water partition coefficient (Wildman–Crippen LogP) is 4.03. The van der Waals surface area contributed by atoms with Crippen molar-refractivity contribution in [1.82, 2.24) is 0 Å². The Morgan fingerprint density at radius 3 is 2.70 bits per heavy atom. The summed E-state index contributed by atoms with van der Waals surface area (Å²) in [6, 6.07) is 13.3. The molecule has 1 N–H and O–H groups in total. The second-order valence-electron chi connectivity index (χ2n) is 5.53. The fourth-order valence-electron chi connectivity index (χ4n) is 2.65. The smallest absolute Gasteiger partial charge is 0.336 e. The van der Waals surface area contributed by atoms with Crippen molar-refractivity contribution < 1.29 is 9.15 Å². The molecule has 1 heterocycles. The van der Waals surface area contributed by atoms with Gasteiger partial charge in [0.25, 0.3) is 0 Å². The fraction of sp³-hybridized carbons (Fsp3) is 0.211. The highest BCUT2D eigenvalue weighted by Crippen LogP contribution is 2.26. The second-order valence-corrected chi connectivity index (χ2v) is 5.53. The quantitative estimate of drug-likeness (QED) is 0.739. The summed E-state index contributed by atoms with van der Waals surface area (Å²) in [6.45, 7) is 4.50. The van der Waals surface area contributed by atoms with Crippen LogP contribution in [0.4, 0.5) is 5.69 Å². The molecule has 0 fully saturated rings. The van der Waals surface area contributed by atoms with Crippen LogP contribution in [0.5, 0.6) is 5.75 Å². The van der Waals surface area contributed by atoms with Gasteiger partial charge in [0, 0.05) is 18.0 Å². The number of hydrogen-bond donors (Lipinski definition) is 1. The average molecular weight is 309 g/mol. The predicted molar refractivity (Wildman–Crippen MR) is 92.3 cm³/mol. The van der Waals surface area contributed by atoms with Gasteiger partial charge >= 0.3 is 5.63 Å². The normalized spacial score (nSPS) is 10.7. The Morgan fingerprint density at radius 2 is 1.91 bits per heavy atom. The maximum absolute atomic E-state index is 11.9. The van der Waals surface area contributed by atoms with Crippen molar-refractivity contribution in [2.45, 2.75) is 20.4 Å². The van der Waals surface area contributed by atoms with E-state index in [9.17, 15) is 4.79 Å². The fourth-order valence-corrected chi connectivity index (χ4v) is 2.65. The third-order valence-corrected chi connectivity index (χ3v) is 4.09. The molecule has 4 heteroatoms. The minimum Gasteiger partial charge on any atom is -0.495 e. The molecule has 0 aliphatic rings. The third-order valence-electron chi connectivity index (χ3n) is 4.09. The number of hydrogen-bond acceptors (Lipinski definition) is 4. The first kappa shape index (κ1) is 15.2. The Balaban J connectivity index is 2.00. The van der Waals surface area contributed by atoms with Gasteiger partial charge in [-0.1, -0.05) is 24.3 Å². The lowest BCUT2D eigenvalue weighted by Crippen LogP contribution is -2.07. The SMILES string of the molecule is COc1ccccc1NCc1cc(=O)oc2c(C)c(C)ccc12. The second kappa shape index (κ2) is 6.16. The Bertz CT molecular complexity index is 912. The molecule has 23 heavy (non-hydrogen) atoms. The summed E-state index contributed by atoms with van der Waals surface area (Å²) in [7, 11) is 1.64. The molecule has 0 amide bonds. The van der Waals surface area contributed by atoms with Crippen molar-refractivity contribution in [3.8, 4) is 5.75 Å². The molecule has 1 aromatic heterocycles. The van der Waals surface area contributed by atoms with Gasteiger partial charge in [0.15, 0.2) is 0 Å². The number of ether oxygens (including phenoxy) is 1. The van der Waals surface area contributed by atoms with Gasteiger partial charge < -0.3 is 14.5 Å². The van der Waals surface area contributed by atoms with Crippen LogP contribution in [0.1, 0.15) is 16.7 Å². The van der Waals surface area contributed by atoms with Crippen LogP contribution in [-0.2, 0) is 6.54 Å². The van der Waals surface area contributed by atoms with Crippen molar-refractivity contribution in [3.63, 3.8) is 0 Å². The first-order valence-electron chi connectivity index (χ1n) is 7.50. The monoisotopic (exact) mass is 309 g/mol. The molecule has 0 saturated carbocycles. The number of aryl methyl sites for hydroxylation is 2. The van der Waals surface area contributed by atoms with Gasteiger partial charge in [-0.25, -0.2) is 4.79 Å². The van der Waals surface area contributed by atoms with Gasteiger partial charge in [0.05, 0.1) is 12.8 Å². The zero-order valence-corrected chi connectivity index (χ0v) is 13.5. The summed E-state index contributed by atoms with van der Waals surface area (Å²) < 4.78 is 10.7. The Kier molecular flexibility index (Phi) is 4.06. The molecular weight excluding hydrogens is 290 g/mol. The number of benzene rings is 2. The lowest BCUT2D eigenvalue weighted by atomic mass is 10.0. The van der Waals surface area contributed by atoms with E-state index in [4.69, 9.17) is 9.15 Å². The molecule has 3 aromatic rings. The zero-order valence-electron chi connectivity index (χ0n) is 13.5. The van der Waals surface area contributed by atoms with Gasteiger partial charge in [-0.2, -0.15) is 0 Å². The van der Waals surface area contributed by atoms with Crippen molar-refractivity contribution in [1.29, 1.82) is 0 Å². The molecule has 0 bridgehead atoms. The van der Waals surface area contributed by atoms with Crippen molar-refractivity contribution in [2.75, 3.05) is 12.4 Å². The molecule has 2 aromatic carbocycles. The third kappa shape index (κ3) is 2.93. The van der Waals surface area contributed by atoms with Crippen molar-refractivity contribution >= 4 is 16.7 Å². The van der Waals surface area contributed by atoms with Crippen molar-refractivity contribution in [2.24, 2.45) is 0 Å². The van der Waals surface area contributed by atoms with Gasteiger partial charge in [0.2, 0.25) is 0 Å². The van der Waals surface area contributed by atoms with E-state index in [1.165, 1.54) is 0 Å². The van der Waals surface area contributed by atoms with Gasteiger partial charge in [-0.3, -0.25) is 0 Å². The summed E-state index contributed by atoms with van der Waals surface area (Å²) in [6.07, 6.45) is 0. The van der Waals surface area contributed by atoms with E-state index in [1.54, 1.807) is 13.2 Å². The van der Waals surface area contributed by atoms with E-state index < -0.39 is 0 Å². The molecular formula is C19H19NO3. The zero-order chi connectivity index (χ0) is 16.4. The molecule has 4 nitrogen and oxygen atoms in total. The summed E-state index contributed by atoms with van der Waals surface area (Å²) in [5, 5.41) is 4.28. The number of para-hydroxylation sites is 2. The topological polar surface area (TPSA) is 51.5 Å². The minimum absolute atomic E-state index is 0.331. The van der Waals surface area contributed by atoms with Gasteiger partial charge in [-0.05, 0) is 42.7 Å². The molecule has 3 rings (SSSR count). The number of rotatable bonds is 4. The minimum atomic E-state index is -0.331. The van der Waals surface area contributed by atoms with Crippen LogP contribution in [0.3, 0.4) is 0 Å². The number of nitrogens with one attached hydrogen (secondary N) is 1. The molecule has 0 atom stereocenters. The molecule has 0 unspecified atom stereocenters.